The normalized spacial score (nSPS) is 20.4. The quantitative estimate of drug-likeness (QED) is 0.0831. The van der Waals surface area contributed by atoms with E-state index in [2.05, 4.69) is 25.5 Å². The van der Waals surface area contributed by atoms with Crippen LogP contribution >= 0.6 is 22.6 Å². The van der Waals surface area contributed by atoms with Crippen LogP contribution in [-0.2, 0) is 9.22 Å². The van der Waals surface area contributed by atoms with Crippen molar-refractivity contribution in [2.24, 2.45) is 5.92 Å². The van der Waals surface area contributed by atoms with Gasteiger partial charge < -0.3 is 9.16 Å². The van der Waals surface area contributed by atoms with Gasteiger partial charge in [-0.2, -0.15) is 8.78 Å². The lowest BCUT2D eigenvalue weighted by molar-refractivity contribution is -0.138. The lowest BCUT2D eigenvalue weighted by atomic mass is 10.1. The molecule has 0 saturated carbocycles. The molecule has 0 radical (unpaired) electrons. The molecule has 0 spiro atoms. The lowest BCUT2D eigenvalue weighted by Gasteiger charge is -2.38. The van der Waals surface area contributed by atoms with E-state index in [4.69, 9.17) is 4.43 Å². The van der Waals surface area contributed by atoms with Crippen LogP contribution in [0, 0.1) is 35.0 Å². The van der Waals surface area contributed by atoms with Crippen molar-refractivity contribution >= 4 is 36.9 Å². The number of halogens is 6. The van der Waals surface area contributed by atoms with Crippen LogP contribution in [-0.4, -0.2) is 20.4 Å². The fourth-order valence-electron chi connectivity index (χ4n) is 2.64. The third-order valence-corrected chi connectivity index (χ3v) is 11.6. The maximum Gasteiger partial charge on any atom is 0.319 e. The van der Waals surface area contributed by atoms with Gasteiger partial charge in [-0.3, -0.25) is 4.79 Å². The molecule has 1 aromatic rings. The van der Waals surface area contributed by atoms with Crippen molar-refractivity contribution in [1.29, 1.82) is 0 Å². The van der Waals surface area contributed by atoms with Gasteiger partial charge in [0.1, 0.15) is 0 Å². The van der Waals surface area contributed by atoms with Crippen molar-refractivity contribution < 1.29 is 35.9 Å². The second kappa shape index (κ2) is 8.25. The van der Waals surface area contributed by atoms with Gasteiger partial charge in [0.15, 0.2) is 8.32 Å². The monoisotopic (exact) mass is 548 g/mol. The van der Waals surface area contributed by atoms with Crippen LogP contribution in [0.3, 0.4) is 0 Å². The van der Waals surface area contributed by atoms with Crippen molar-refractivity contribution in [2.45, 2.75) is 58.4 Å². The largest absolute Gasteiger partial charge is 0.419 e. The summed E-state index contributed by atoms with van der Waals surface area (Å²) >= 11 is 1.92. The van der Waals surface area contributed by atoms with E-state index in [-0.39, 0.29) is 11.5 Å². The molecular weight excluding hydrogens is 526 g/mol. The number of carbonyl (C=O) groups is 1. The van der Waals surface area contributed by atoms with Crippen molar-refractivity contribution in [2.75, 3.05) is 0 Å². The van der Waals surface area contributed by atoms with Crippen LogP contribution in [0.25, 0.3) is 0 Å². The molecule has 1 aromatic carbocycles. The molecule has 162 valence electrons. The minimum absolute atomic E-state index is 0.0767. The van der Waals surface area contributed by atoms with Gasteiger partial charge in [0.05, 0.1) is 12.0 Å². The molecule has 0 aliphatic heterocycles. The highest BCUT2D eigenvalue weighted by Crippen LogP contribution is 2.44. The predicted octanol–water partition coefficient (Wildman–Crippen LogP) is 6.41. The second-order valence-corrected chi connectivity index (χ2v) is 14.4. The van der Waals surface area contributed by atoms with Gasteiger partial charge in [0.25, 0.3) is 0 Å². The molecule has 10 heteroatoms. The Hall–Kier alpha value is -1.01. The van der Waals surface area contributed by atoms with E-state index < -0.39 is 61.1 Å². The Bertz CT molecular complexity index is 851. The molecule has 0 heterocycles. The summed E-state index contributed by atoms with van der Waals surface area (Å²) in [5.41, 5.74) is 0.787. The van der Waals surface area contributed by atoms with E-state index in [1.54, 1.807) is 6.92 Å². The Balaban J connectivity index is 2.27. The molecule has 3 nitrogen and oxygen atoms in total. The Labute approximate surface area is 180 Å². The summed E-state index contributed by atoms with van der Waals surface area (Å²) in [5.74, 6) is -14.6. The Morgan fingerprint density at radius 3 is 1.90 bits per heavy atom. The van der Waals surface area contributed by atoms with Gasteiger partial charge in [-0.25, -0.2) is 13.2 Å². The van der Waals surface area contributed by atoms with Crippen molar-refractivity contribution in [3.05, 3.63) is 38.2 Å². The fourth-order valence-corrected chi connectivity index (χ4v) is 4.83. The molecular formula is C19H22F5IO3Si. The number of hydrogen-bond donors (Lipinski definition) is 0. The van der Waals surface area contributed by atoms with E-state index in [0.717, 1.165) is 5.57 Å². The van der Waals surface area contributed by atoms with Gasteiger partial charge >= 0.3 is 5.97 Å². The summed E-state index contributed by atoms with van der Waals surface area (Å²) in [7, 11) is -2.17. The van der Waals surface area contributed by atoms with E-state index in [0.29, 0.717) is 3.58 Å². The van der Waals surface area contributed by atoms with Gasteiger partial charge in [0, 0.05) is 3.58 Å². The molecule has 1 aliphatic rings. The molecule has 29 heavy (non-hydrogen) atoms. The Kier molecular flexibility index (Phi) is 6.91. The molecule has 0 aromatic heterocycles. The molecule has 0 fully saturated rings. The molecule has 0 amide bonds. The third kappa shape index (κ3) is 4.53. The molecule has 0 unspecified atom stereocenters. The average Bonchev–Trinajstić information content (AvgIpc) is 2.89. The summed E-state index contributed by atoms with van der Waals surface area (Å²) in [6.45, 7) is 12.1. The molecule has 2 atom stereocenters. The highest BCUT2D eigenvalue weighted by Gasteiger charge is 2.44. The van der Waals surface area contributed by atoms with Crippen LogP contribution < -0.4 is 4.74 Å². The number of ether oxygens (including phenoxy) is 1. The standard InChI is InChI=1S/C19H22F5IO3Si/c1-8-10(28-29(5,6)19(2,3)4)7-9(16(8)25)18(26)27-17-14(23)12(21)11(20)13(22)15(17)24/h9-10H,7H2,1-6H3/t9-,10-/m1/s1. The van der Waals surface area contributed by atoms with Crippen molar-refractivity contribution in [3.8, 4) is 5.75 Å². The van der Waals surface area contributed by atoms with Crippen LogP contribution in [0.5, 0.6) is 5.75 Å². The SMILES string of the molecule is CC1=C(I)[C@H](C(=O)Oc2c(F)c(F)c(F)c(F)c2F)C[C@H]1O[Si](C)(C)C(C)(C)C. The van der Waals surface area contributed by atoms with E-state index in [1.165, 1.54) is 0 Å². The summed E-state index contributed by atoms with van der Waals surface area (Å²) < 4.78 is 79.0. The molecule has 0 N–H and O–H groups in total. The zero-order chi connectivity index (χ0) is 22.5. The van der Waals surface area contributed by atoms with Crippen LogP contribution in [0.15, 0.2) is 9.15 Å². The summed E-state index contributed by atoms with van der Waals surface area (Å²) in [4.78, 5) is 12.5. The molecule has 1 aliphatic carbocycles. The average molecular weight is 548 g/mol. The van der Waals surface area contributed by atoms with Crippen molar-refractivity contribution in [3.63, 3.8) is 0 Å². The highest BCUT2D eigenvalue weighted by atomic mass is 127. The molecule has 0 bridgehead atoms. The van der Waals surface area contributed by atoms with E-state index >= 15 is 0 Å². The lowest BCUT2D eigenvalue weighted by Crippen LogP contribution is -2.44. The highest BCUT2D eigenvalue weighted by molar-refractivity contribution is 14.1. The summed E-state index contributed by atoms with van der Waals surface area (Å²) in [5, 5.41) is -0.0767. The minimum Gasteiger partial charge on any atom is -0.419 e. The number of carbonyl (C=O) groups excluding carboxylic acids is 1. The summed E-state index contributed by atoms with van der Waals surface area (Å²) in [6.07, 6.45) is -0.220. The maximum atomic E-state index is 13.8. The number of rotatable bonds is 4. The first kappa shape index (κ1) is 24.3. The first-order valence-electron chi connectivity index (χ1n) is 8.87. The Morgan fingerprint density at radius 1 is 1.00 bits per heavy atom. The zero-order valence-corrected chi connectivity index (χ0v) is 20.0. The third-order valence-electron chi connectivity index (χ3n) is 5.52. The van der Waals surface area contributed by atoms with Gasteiger partial charge in [-0.05, 0) is 59.6 Å². The van der Waals surface area contributed by atoms with E-state index in [1.807, 2.05) is 35.7 Å². The smallest absolute Gasteiger partial charge is 0.319 e. The molecule has 2 rings (SSSR count). The van der Waals surface area contributed by atoms with Crippen LogP contribution in [0.2, 0.25) is 18.1 Å². The van der Waals surface area contributed by atoms with Gasteiger partial charge in [-0.1, -0.05) is 20.8 Å². The Morgan fingerprint density at radius 2 is 1.45 bits per heavy atom. The molecule has 0 saturated heterocycles. The fraction of sp³-hybridized carbons (Fsp3) is 0.526. The topological polar surface area (TPSA) is 35.5 Å². The van der Waals surface area contributed by atoms with Crippen LogP contribution in [0.1, 0.15) is 34.1 Å². The second-order valence-electron chi connectivity index (χ2n) is 8.51. The number of benzene rings is 1. The first-order valence-corrected chi connectivity index (χ1v) is 12.9. The first-order chi connectivity index (χ1) is 13.1. The van der Waals surface area contributed by atoms with Crippen LogP contribution in [0.4, 0.5) is 22.0 Å². The summed E-state index contributed by atoms with van der Waals surface area (Å²) in [6, 6.07) is 0. The van der Waals surface area contributed by atoms with Gasteiger partial charge in [0.2, 0.25) is 34.8 Å². The maximum absolute atomic E-state index is 13.8. The number of hydrogen-bond acceptors (Lipinski definition) is 3. The number of esters is 1. The van der Waals surface area contributed by atoms with Gasteiger partial charge in [-0.15, -0.1) is 0 Å². The predicted molar refractivity (Wildman–Crippen MR) is 109 cm³/mol. The minimum atomic E-state index is -2.31. The van der Waals surface area contributed by atoms with E-state index in [9.17, 15) is 26.7 Å². The zero-order valence-electron chi connectivity index (χ0n) is 16.9. The van der Waals surface area contributed by atoms with Crippen molar-refractivity contribution in [1.82, 2.24) is 0 Å².